The summed E-state index contributed by atoms with van der Waals surface area (Å²) in [4.78, 5) is 0. The van der Waals surface area contributed by atoms with Crippen LogP contribution in [0.15, 0.2) is 0 Å². The quantitative estimate of drug-likeness (QED) is 0.844. The second-order valence-corrected chi connectivity index (χ2v) is 5.74. The maximum atomic E-state index is 6.10. The van der Waals surface area contributed by atoms with E-state index in [1.54, 1.807) is 0 Å². The first-order valence-corrected chi connectivity index (χ1v) is 7.18. The van der Waals surface area contributed by atoms with Crippen molar-refractivity contribution in [3.05, 3.63) is 5.69 Å². The molecule has 1 aliphatic carbocycles. The zero-order valence-electron chi connectivity index (χ0n) is 11.9. The second-order valence-electron chi connectivity index (χ2n) is 5.74. The molecule has 0 radical (unpaired) electrons. The highest BCUT2D eigenvalue weighted by Gasteiger charge is 2.22. The molecule has 1 aromatic rings. The summed E-state index contributed by atoms with van der Waals surface area (Å²) >= 11 is 0. The fraction of sp³-hybridized carbons (Fsp3) is 0.786. The van der Waals surface area contributed by atoms with Gasteiger partial charge in [0.05, 0.1) is 11.4 Å². The minimum Gasteiger partial charge on any atom is -0.394 e. The molecule has 2 atom stereocenters. The SMILES string of the molecule is CCCn1nc(C)c(N)c1NCC1CCC(C)C1. The molecule has 0 saturated heterocycles. The number of hydrogen-bond donors (Lipinski definition) is 2. The van der Waals surface area contributed by atoms with Crippen LogP contribution < -0.4 is 11.1 Å². The lowest BCUT2D eigenvalue weighted by molar-refractivity contribution is 0.532. The Morgan fingerprint density at radius 3 is 2.83 bits per heavy atom. The standard InChI is InChI=1S/C14H26N4/c1-4-7-18-14(13(15)11(3)17-18)16-9-12-6-5-10(2)8-12/h10,12,16H,4-9,15H2,1-3H3. The van der Waals surface area contributed by atoms with Crippen LogP contribution in [-0.2, 0) is 6.54 Å². The van der Waals surface area contributed by atoms with Gasteiger partial charge in [-0.15, -0.1) is 0 Å². The van der Waals surface area contributed by atoms with Gasteiger partial charge in [0.25, 0.3) is 0 Å². The summed E-state index contributed by atoms with van der Waals surface area (Å²) in [6, 6.07) is 0. The molecular weight excluding hydrogens is 224 g/mol. The third-order valence-electron chi connectivity index (χ3n) is 3.97. The Morgan fingerprint density at radius 1 is 1.44 bits per heavy atom. The Balaban J connectivity index is 1.99. The van der Waals surface area contributed by atoms with Crippen molar-refractivity contribution >= 4 is 11.5 Å². The second kappa shape index (κ2) is 5.63. The van der Waals surface area contributed by atoms with Crippen LogP contribution in [0.2, 0.25) is 0 Å². The maximum Gasteiger partial charge on any atom is 0.148 e. The molecule has 4 heteroatoms. The van der Waals surface area contributed by atoms with E-state index in [2.05, 4.69) is 24.3 Å². The predicted molar refractivity (Wildman–Crippen MR) is 76.7 cm³/mol. The maximum absolute atomic E-state index is 6.10. The summed E-state index contributed by atoms with van der Waals surface area (Å²) < 4.78 is 2.02. The largest absolute Gasteiger partial charge is 0.394 e. The zero-order chi connectivity index (χ0) is 13.1. The first-order chi connectivity index (χ1) is 8.61. The van der Waals surface area contributed by atoms with Gasteiger partial charge in [-0.1, -0.05) is 20.3 Å². The van der Waals surface area contributed by atoms with Crippen LogP contribution in [0.4, 0.5) is 11.5 Å². The molecule has 0 spiro atoms. The Hall–Kier alpha value is -1.19. The van der Waals surface area contributed by atoms with Crippen molar-refractivity contribution < 1.29 is 0 Å². The van der Waals surface area contributed by atoms with Crippen LogP contribution in [0.5, 0.6) is 0 Å². The monoisotopic (exact) mass is 250 g/mol. The molecule has 18 heavy (non-hydrogen) atoms. The number of nitrogen functional groups attached to an aromatic ring is 1. The summed E-state index contributed by atoms with van der Waals surface area (Å²) in [7, 11) is 0. The minimum atomic E-state index is 0.796. The van der Waals surface area contributed by atoms with Crippen LogP contribution in [0.25, 0.3) is 0 Å². The van der Waals surface area contributed by atoms with E-state index in [0.29, 0.717) is 0 Å². The Kier molecular flexibility index (Phi) is 4.15. The van der Waals surface area contributed by atoms with Gasteiger partial charge in [-0.05, 0) is 38.0 Å². The van der Waals surface area contributed by atoms with E-state index in [1.165, 1.54) is 19.3 Å². The highest BCUT2D eigenvalue weighted by molar-refractivity contribution is 5.64. The number of aromatic nitrogens is 2. The average Bonchev–Trinajstić information content (AvgIpc) is 2.84. The number of nitrogens with zero attached hydrogens (tertiary/aromatic N) is 2. The summed E-state index contributed by atoms with van der Waals surface area (Å²) in [6.45, 7) is 8.45. The van der Waals surface area contributed by atoms with Gasteiger partial charge in [-0.2, -0.15) is 5.10 Å². The van der Waals surface area contributed by atoms with Gasteiger partial charge >= 0.3 is 0 Å². The molecule has 2 unspecified atom stereocenters. The van der Waals surface area contributed by atoms with Crippen molar-refractivity contribution in [3.63, 3.8) is 0 Å². The number of nitrogens with one attached hydrogen (secondary N) is 1. The number of rotatable bonds is 5. The molecule has 4 nitrogen and oxygen atoms in total. The van der Waals surface area contributed by atoms with Crippen LogP contribution in [0.3, 0.4) is 0 Å². The Bertz CT molecular complexity index is 397. The van der Waals surface area contributed by atoms with Gasteiger partial charge in [0.2, 0.25) is 0 Å². The summed E-state index contributed by atoms with van der Waals surface area (Å²) in [6.07, 6.45) is 5.13. The molecule has 1 aromatic heterocycles. The van der Waals surface area contributed by atoms with E-state index in [-0.39, 0.29) is 0 Å². The van der Waals surface area contributed by atoms with Crippen LogP contribution >= 0.6 is 0 Å². The van der Waals surface area contributed by atoms with Crippen molar-refractivity contribution in [3.8, 4) is 0 Å². The van der Waals surface area contributed by atoms with Crippen LogP contribution in [0, 0.1) is 18.8 Å². The lowest BCUT2D eigenvalue weighted by Gasteiger charge is -2.14. The van der Waals surface area contributed by atoms with Crippen LogP contribution in [0.1, 0.15) is 45.2 Å². The molecule has 1 saturated carbocycles. The van der Waals surface area contributed by atoms with Crippen molar-refractivity contribution in [2.24, 2.45) is 11.8 Å². The van der Waals surface area contributed by atoms with E-state index in [0.717, 1.165) is 48.5 Å². The summed E-state index contributed by atoms with van der Waals surface area (Å²) in [5.74, 6) is 2.70. The molecule has 2 rings (SSSR count). The Morgan fingerprint density at radius 2 is 2.22 bits per heavy atom. The van der Waals surface area contributed by atoms with E-state index in [4.69, 9.17) is 5.73 Å². The fourth-order valence-electron chi connectivity index (χ4n) is 2.91. The van der Waals surface area contributed by atoms with Crippen molar-refractivity contribution in [1.29, 1.82) is 0 Å². The lowest BCUT2D eigenvalue weighted by Crippen LogP contribution is -2.15. The Labute approximate surface area is 110 Å². The molecular formula is C14H26N4. The molecule has 1 heterocycles. The predicted octanol–water partition coefficient (Wildman–Crippen LogP) is 3.03. The first-order valence-electron chi connectivity index (χ1n) is 7.18. The number of anilines is 2. The zero-order valence-corrected chi connectivity index (χ0v) is 11.9. The molecule has 0 bridgehead atoms. The van der Waals surface area contributed by atoms with Crippen molar-refractivity contribution in [2.75, 3.05) is 17.6 Å². The van der Waals surface area contributed by atoms with Gasteiger partial charge < -0.3 is 11.1 Å². The lowest BCUT2D eigenvalue weighted by atomic mass is 10.1. The molecule has 1 aliphatic rings. The van der Waals surface area contributed by atoms with E-state index in [1.807, 2.05) is 11.6 Å². The third-order valence-corrected chi connectivity index (χ3v) is 3.97. The fourth-order valence-corrected chi connectivity index (χ4v) is 2.91. The van der Waals surface area contributed by atoms with Gasteiger partial charge in [0.15, 0.2) is 0 Å². The van der Waals surface area contributed by atoms with E-state index in [9.17, 15) is 0 Å². The molecule has 0 amide bonds. The van der Waals surface area contributed by atoms with Crippen molar-refractivity contribution in [1.82, 2.24) is 9.78 Å². The smallest absolute Gasteiger partial charge is 0.148 e. The molecule has 0 aliphatic heterocycles. The van der Waals surface area contributed by atoms with E-state index >= 15 is 0 Å². The molecule has 1 fully saturated rings. The van der Waals surface area contributed by atoms with Crippen LogP contribution in [-0.4, -0.2) is 16.3 Å². The van der Waals surface area contributed by atoms with Gasteiger partial charge in [-0.3, -0.25) is 0 Å². The van der Waals surface area contributed by atoms with Gasteiger partial charge in [0.1, 0.15) is 5.82 Å². The summed E-state index contributed by atoms with van der Waals surface area (Å²) in [5.41, 5.74) is 7.85. The minimum absolute atomic E-state index is 0.796. The highest BCUT2D eigenvalue weighted by Crippen LogP contribution is 2.31. The molecule has 102 valence electrons. The van der Waals surface area contributed by atoms with Gasteiger partial charge in [0, 0.05) is 13.1 Å². The first kappa shape index (κ1) is 13.2. The van der Waals surface area contributed by atoms with Gasteiger partial charge in [-0.25, -0.2) is 4.68 Å². The normalized spacial score (nSPS) is 23.5. The highest BCUT2D eigenvalue weighted by atomic mass is 15.3. The molecule has 0 aromatic carbocycles. The summed E-state index contributed by atoms with van der Waals surface area (Å²) in [5, 5.41) is 8.01. The third kappa shape index (κ3) is 2.79. The topological polar surface area (TPSA) is 55.9 Å². The number of aryl methyl sites for hydroxylation is 2. The molecule has 3 N–H and O–H groups in total. The average molecular weight is 250 g/mol. The number of hydrogen-bond acceptors (Lipinski definition) is 3. The van der Waals surface area contributed by atoms with Crippen molar-refractivity contribution in [2.45, 2.75) is 53.0 Å². The van der Waals surface area contributed by atoms with E-state index < -0.39 is 0 Å². The number of nitrogens with two attached hydrogens (primary N) is 1.